The third-order valence-corrected chi connectivity index (χ3v) is 3.40. The van der Waals surface area contributed by atoms with Crippen molar-refractivity contribution in [2.75, 3.05) is 27.7 Å². The Morgan fingerprint density at radius 1 is 1.18 bits per heavy atom. The molecule has 3 heteroatoms. The van der Waals surface area contributed by atoms with E-state index >= 15 is 0 Å². The van der Waals surface area contributed by atoms with Gasteiger partial charge in [-0.1, -0.05) is 6.07 Å². The summed E-state index contributed by atoms with van der Waals surface area (Å²) in [7, 11) is 5.71. The average Bonchev–Trinajstić information content (AvgIpc) is 2.32. The number of methoxy groups -OCH3 is 1. The Labute approximate surface area is 105 Å². The van der Waals surface area contributed by atoms with Gasteiger partial charge in [-0.25, -0.2) is 0 Å². The summed E-state index contributed by atoms with van der Waals surface area (Å²) < 4.78 is 5.45. The van der Waals surface area contributed by atoms with Gasteiger partial charge in [0, 0.05) is 12.6 Å². The number of likely N-dealkylation sites (N-methyl/N-ethyl adjacent to an activating group) is 2. The van der Waals surface area contributed by atoms with E-state index in [9.17, 15) is 0 Å². The highest BCUT2D eigenvalue weighted by Crippen LogP contribution is 2.31. The lowest BCUT2D eigenvalue weighted by Crippen LogP contribution is -2.28. The molecule has 1 aromatic carbocycles. The van der Waals surface area contributed by atoms with Crippen LogP contribution in [-0.2, 0) is 0 Å². The van der Waals surface area contributed by atoms with Crippen LogP contribution in [0.4, 0.5) is 0 Å². The lowest BCUT2D eigenvalue weighted by molar-refractivity contribution is 0.407. The normalized spacial score (nSPS) is 12.6. The molecule has 0 aliphatic heterocycles. The van der Waals surface area contributed by atoms with E-state index in [4.69, 9.17) is 4.74 Å². The topological polar surface area (TPSA) is 33.3 Å². The van der Waals surface area contributed by atoms with Gasteiger partial charge >= 0.3 is 0 Å². The minimum Gasteiger partial charge on any atom is -0.496 e. The van der Waals surface area contributed by atoms with Crippen LogP contribution in [0.3, 0.4) is 0 Å². The monoisotopic (exact) mass is 236 g/mol. The van der Waals surface area contributed by atoms with Gasteiger partial charge in [-0.2, -0.15) is 0 Å². The van der Waals surface area contributed by atoms with Crippen molar-refractivity contribution < 1.29 is 4.74 Å². The molecule has 1 aromatic rings. The number of ether oxygens (including phenoxy) is 1. The largest absolute Gasteiger partial charge is 0.496 e. The Kier molecular flexibility index (Phi) is 4.97. The first kappa shape index (κ1) is 14.0. The van der Waals surface area contributed by atoms with Crippen molar-refractivity contribution in [3.8, 4) is 5.75 Å². The Bertz CT molecular complexity index is 388. The van der Waals surface area contributed by atoms with Crippen molar-refractivity contribution in [2.24, 2.45) is 0 Å². The van der Waals surface area contributed by atoms with Gasteiger partial charge in [-0.15, -0.1) is 0 Å². The third kappa shape index (κ3) is 2.79. The standard InChI is InChI=1S/C14H24N2O/c1-9-7-12(13(16-5)8-15-4)10(2)11(3)14(9)17-6/h7,13,15-16H,8H2,1-6H3. The Hall–Kier alpha value is -1.06. The van der Waals surface area contributed by atoms with E-state index in [0.717, 1.165) is 12.3 Å². The van der Waals surface area contributed by atoms with Crippen LogP contribution < -0.4 is 15.4 Å². The van der Waals surface area contributed by atoms with Crippen LogP contribution in [0.1, 0.15) is 28.3 Å². The molecule has 0 fully saturated rings. The van der Waals surface area contributed by atoms with Gasteiger partial charge in [-0.05, 0) is 57.1 Å². The summed E-state index contributed by atoms with van der Waals surface area (Å²) in [5, 5.41) is 6.57. The molecular formula is C14H24N2O. The van der Waals surface area contributed by atoms with E-state index in [-0.39, 0.29) is 0 Å². The van der Waals surface area contributed by atoms with Crippen LogP contribution >= 0.6 is 0 Å². The van der Waals surface area contributed by atoms with Crippen LogP contribution in [0.5, 0.6) is 5.75 Å². The van der Waals surface area contributed by atoms with Gasteiger partial charge in [0.05, 0.1) is 7.11 Å². The highest BCUT2D eigenvalue weighted by atomic mass is 16.5. The molecule has 0 aliphatic rings. The summed E-state index contributed by atoms with van der Waals surface area (Å²) in [5.74, 6) is 1.01. The number of rotatable bonds is 5. The summed E-state index contributed by atoms with van der Waals surface area (Å²) in [6.07, 6.45) is 0. The number of hydrogen-bond donors (Lipinski definition) is 2. The summed E-state index contributed by atoms with van der Waals surface area (Å²) in [4.78, 5) is 0. The molecule has 0 saturated carbocycles. The minimum absolute atomic E-state index is 0.336. The zero-order valence-electron chi connectivity index (χ0n) is 11.8. The van der Waals surface area contributed by atoms with Crippen LogP contribution in [0.2, 0.25) is 0 Å². The lowest BCUT2D eigenvalue weighted by Gasteiger charge is -2.22. The summed E-state index contributed by atoms with van der Waals surface area (Å²) in [6.45, 7) is 7.30. The average molecular weight is 236 g/mol. The maximum absolute atomic E-state index is 5.45. The van der Waals surface area contributed by atoms with E-state index in [0.29, 0.717) is 6.04 Å². The molecule has 0 saturated heterocycles. The Morgan fingerprint density at radius 3 is 2.29 bits per heavy atom. The maximum atomic E-state index is 5.45. The minimum atomic E-state index is 0.336. The second-order valence-corrected chi connectivity index (χ2v) is 4.46. The fourth-order valence-corrected chi connectivity index (χ4v) is 2.34. The zero-order valence-corrected chi connectivity index (χ0v) is 11.8. The second-order valence-electron chi connectivity index (χ2n) is 4.46. The second kappa shape index (κ2) is 6.03. The highest BCUT2D eigenvalue weighted by Gasteiger charge is 2.16. The predicted octanol–water partition coefficient (Wildman–Crippen LogP) is 2.10. The molecule has 96 valence electrons. The zero-order chi connectivity index (χ0) is 13.0. The molecule has 0 aromatic heterocycles. The van der Waals surface area contributed by atoms with Crippen LogP contribution in [0.25, 0.3) is 0 Å². The van der Waals surface area contributed by atoms with Crippen molar-refractivity contribution in [3.05, 3.63) is 28.3 Å². The molecule has 0 spiro atoms. The molecule has 0 bridgehead atoms. The molecular weight excluding hydrogens is 212 g/mol. The van der Waals surface area contributed by atoms with Crippen LogP contribution in [-0.4, -0.2) is 27.7 Å². The number of nitrogens with one attached hydrogen (secondary N) is 2. The van der Waals surface area contributed by atoms with E-state index in [2.05, 4.69) is 37.5 Å². The van der Waals surface area contributed by atoms with E-state index in [1.165, 1.54) is 22.3 Å². The van der Waals surface area contributed by atoms with Crippen LogP contribution in [0, 0.1) is 20.8 Å². The van der Waals surface area contributed by atoms with Crippen molar-refractivity contribution in [3.63, 3.8) is 0 Å². The first-order valence-electron chi connectivity index (χ1n) is 6.03. The molecule has 0 heterocycles. The van der Waals surface area contributed by atoms with Gasteiger partial charge in [-0.3, -0.25) is 0 Å². The van der Waals surface area contributed by atoms with E-state index in [1.54, 1.807) is 7.11 Å². The molecule has 0 aliphatic carbocycles. The first-order valence-corrected chi connectivity index (χ1v) is 6.03. The van der Waals surface area contributed by atoms with Gasteiger partial charge < -0.3 is 15.4 Å². The van der Waals surface area contributed by atoms with Crippen molar-refractivity contribution in [1.82, 2.24) is 10.6 Å². The van der Waals surface area contributed by atoms with E-state index in [1.807, 2.05) is 14.1 Å². The fourth-order valence-electron chi connectivity index (χ4n) is 2.34. The summed E-state index contributed by atoms with van der Waals surface area (Å²) in [6, 6.07) is 2.56. The predicted molar refractivity (Wildman–Crippen MR) is 72.9 cm³/mol. The molecule has 2 N–H and O–H groups in total. The Morgan fingerprint density at radius 2 is 1.82 bits per heavy atom. The fraction of sp³-hybridized carbons (Fsp3) is 0.571. The molecule has 0 radical (unpaired) electrons. The molecule has 1 unspecified atom stereocenters. The number of benzene rings is 1. The van der Waals surface area contributed by atoms with Crippen molar-refractivity contribution >= 4 is 0 Å². The molecule has 1 atom stereocenters. The number of hydrogen-bond acceptors (Lipinski definition) is 3. The summed E-state index contributed by atoms with van der Waals surface area (Å²) in [5.41, 5.74) is 5.08. The van der Waals surface area contributed by atoms with Gasteiger partial charge in [0.15, 0.2) is 0 Å². The van der Waals surface area contributed by atoms with Crippen LogP contribution in [0.15, 0.2) is 6.07 Å². The Balaban J connectivity index is 3.25. The maximum Gasteiger partial charge on any atom is 0.124 e. The third-order valence-electron chi connectivity index (χ3n) is 3.40. The lowest BCUT2D eigenvalue weighted by atomic mass is 9.94. The first-order chi connectivity index (χ1) is 8.06. The quantitative estimate of drug-likeness (QED) is 0.821. The van der Waals surface area contributed by atoms with Gasteiger partial charge in [0.25, 0.3) is 0 Å². The molecule has 17 heavy (non-hydrogen) atoms. The molecule has 1 rings (SSSR count). The highest BCUT2D eigenvalue weighted by molar-refractivity contribution is 5.50. The number of aryl methyl sites for hydroxylation is 1. The molecule has 0 amide bonds. The van der Waals surface area contributed by atoms with Gasteiger partial charge in [0.2, 0.25) is 0 Å². The van der Waals surface area contributed by atoms with E-state index < -0.39 is 0 Å². The SMILES string of the molecule is CNCC(NC)c1cc(C)c(OC)c(C)c1C. The molecule has 3 nitrogen and oxygen atoms in total. The van der Waals surface area contributed by atoms with Crippen molar-refractivity contribution in [2.45, 2.75) is 26.8 Å². The van der Waals surface area contributed by atoms with Crippen molar-refractivity contribution in [1.29, 1.82) is 0 Å². The van der Waals surface area contributed by atoms with Gasteiger partial charge in [0.1, 0.15) is 5.75 Å². The smallest absolute Gasteiger partial charge is 0.124 e. The summed E-state index contributed by atoms with van der Waals surface area (Å²) >= 11 is 0.